The third-order valence-electron chi connectivity index (χ3n) is 5.40. The molecule has 3 heterocycles. The predicted molar refractivity (Wildman–Crippen MR) is 132 cm³/mol. The van der Waals surface area contributed by atoms with E-state index in [0.29, 0.717) is 27.6 Å². The van der Waals surface area contributed by atoms with Crippen LogP contribution in [0.2, 0.25) is 10.0 Å². The topological polar surface area (TPSA) is 107 Å². The molecule has 1 aromatic carbocycles. The standard InChI is InChI=1S/C23H20Cl2F3N7O2/c1-10(2)30-21(36)12-8-14-19(34(4)11(3)31-14)17(25)18(12)32-22(37)15-9-16(23(26,27)28)33-35(15)20-13(24)6-5-7-29-20/h5-10H,1-4H3,(H,30,36)(H,32,37). The average molecular weight is 554 g/mol. The highest BCUT2D eigenvalue weighted by atomic mass is 35.5. The zero-order chi connectivity index (χ0) is 27.2. The first-order valence-corrected chi connectivity index (χ1v) is 11.6. The number of fused-ring (bicyclic) bond motifs is 1. The first-order chi connectivity index (χ1) is 17.3. The largest absolute Gasteiger partial charge is 0.435 e. The number of carbonyl (C=O) groups excluding carboxylic acids is 2. The fraction of sp³-hybridized carbons (Fsp3) is 0.261. The first-order valence-electron chi connectivity index (χ1n) is 10.9. The number of carbonyl (C=O) groups is 2. The van der Waals surface area contributed by atoms with Gasteiger partial charge in [0.25, 0.3) is 11.8 Å². The summed E-state index contributed by atoms with van der Waals surface area (Å²) in [5.74, 6) is -1.18. The molecule has 14 heteroatoms. The predicted octanol–water partition coefficient (Wildman–Crippen LogP) is 5.18. The van der Waals surface area contributed by atoms with Gasteiger partial charge in [0.2, 0.25) is 0 Å². The van der Waals surface area contributed by atoms with E-state index in [9.17, 15) is 22.8 Å². The normalized spacial score (nSPS) is 11.8. The number of anilines is 1. The van der Waals surface area contributed by atoms with Crippen molar-refractivity contribution < 1.29 is 22.8 Å². The number of hydrogen-bond donors (Lipinski definition) is 2. The molecule has 0 aliphatic carbocycles. The van der Waals surface area contributed by atoms with E-state index in [1.165, 1.54) is 24.4 Å². The summed E-state index contributed by atoms with van der Waals surface area (Å²) < 4.78 is 42.9. The Kier molecular flexibility index (Phi) is 6.91. The molecule has 37 heavy (non-hydrogen) atoms. The number of rotatable bonds is 5. The van der Waals surface area contributed by atoms with Crippen molar-refractivity contribution in [1.82, 2.24) is 29.6 Å². The van der Waals surface area contributed by atoms with E-state index in [4.69, 9.17) is 23.2 Å². The van der Waals surface area contributed by atoms with E-state index in [-0.39, 0.29) is 33.2 Å². The van der Waals surface area contributed by atoms with Crippen LogP contribution in [0.25, 0.3) is 16.9 Å². The maximum atomic E-state index is 13.5. The van der Waals surface area contributed by atoms with Crippen molar-refractivity contribution in [2.45, 2.75) is 33.0 Å². The molecule has 4 rings (SSSR count). The Morgan fingerprint density at radius 3 is 2.46 bits per heavy atom. The number of amides is 2. The summed E-state index contributed by atoms with van der Waals surface area (Å²) in [6, 6.07) is 4.64. The van der Waals surface area contributed by atoms with Crippen molar-refractivity contribution in [2.24, 2.45) is 7.05 Å². The third-order valence-corrected chi connectivity index (χ3v) is 6.06. The number of nitrogens with zero attached hydrogens (tertiary/aromatic N) is 5. The van der Waals surface area contributed by atoms with Crippen molar-refractivity contribution >= 4 is 51.7 Å². The van der Waals surface area contributed by atoms with E-state index in [1.54, 1.807) is 32.4 Å². The molecule has 2 amide bonds. The lowest BCUT2D eigenvalue weighted by molar-refractivity contribution is -0.141. The number of alkyl halides is 3. The Labute approximate surface area is 218 Å². The summed E-state index contributed by atoms with van der Waals surface area (Å²) in [6.45, 7) is 5.22. The van der Waals surface area contributed by atoms with Gasteiger partial charge in [0.05, 0.1) is 32.3 Å². The molecule has 0 saturated heterocycles. The third kappa shape index (κ3) is 4.98. The molecular formula is C23H20Cl2F3N7O2. The molecule has 0 aliphatic heterocycles. The molecule has 9 nitrogen and oxygen atoms in total. The Morgan fingerprint density at radius 2 is 1.84 bits per heavy atom. The van der Waals surface area contributed by atoms with Gasteiger partial charge in [-0.05, 0) is 39.0 Å². The lowest BCUT2D eigenvalue weighted by Gasteiger charge is -2.16. The zero-order valence-corrected chi connectivity index (χ0v) is 21.4. The van der Waals surface area contributed by atoms with Crippen LogP contribution in [0, 0.1) is 6.92 Å². The van der Waals surface area contributed by atoms with E-state index in [1.807, 2.05) is 0 Å². The van der Waals surface area contributed by atoms with Gasteiger partial charge in [-0.15, -0.1) is 0 Å². The van der Waals surface area contributed by atoms with Crippen LogP contribution in [-0.4, -0.2) is 42.2 Å². The molecule has 0 unspecified atom stereocenters. The van der Waals surface area contributed by atoms with E-state index in [2.05, 4.69) is 25.7 Å². The van der Waals surface area contributed by atoms with Gasteiger partial charge in [-0.3, -0.25) is 9.59 Å². The molecule has 4 aromatic rings. The number of pyridine rings is 1. The fourth-order valence-electron chi connectivity index (χ4n) is 3.64. The van der Waals surface area contributed by atoms with Gasteiger partial charge in [0, 0.05) is 25.4 Å². The number of aromatic nitrogens is 5. The summed E-state index contributed by atoms with van der Waals surface area (Å²) in [5.41, 5.74) is -1.15. The monoisotopic (exact) mass is 553 g/mol. The minimum atomic E-state index is -4.85. The van der Waals surface area contributed by atoms with Gasteiger partial charge in [-0.1, -0.05) is 23.2 Å². The van der Waals surface area contributed by atoms with E-state index in [0.717, 1.165) is 0 Å². The highest BCUT2D eigenvalue weighted by Crippen LogP contribution is 2.36. The molecule has 2 N–H and O–H groups in total. The maximum Gasteiger partial charge on any atom is 0.435 e. The van der Waals surface area contributed by atoms with Crippen LogP contribution >= 0.6 is 23.2 Å². The van der Waals surface area contributed by atoms with Crippen molar-refractivity contribution in [2.75, 3.05) is 5.32 Å². The molecule has 0 fully saturated rings. The lowest BCUT2D eigenvalue weighted by atomic mass is 10.1. The highest BCUT2D eigenvalue weighted by molar-refractivity contribution is 6.39. The average Bonchev–Trinajstić information content (AvgIpc) is 3.37. The smallest absolute Gasteiger partial charge is 0.350 e. The van der Waals surface area contributed by atoms with Gasteiger partial charge < -0.3 is 15.2 Å². The van der Waals surface area contributed by atoms with Gasteiger partial charge in [0.1, 0.15) is 11.5 Å². The molecular weight excluding hydrogens is 534 g/mol. The first kappa shape index (κ1) is 26.4. The molecule has 0 spiro atoms. The SMILES string of the molecule is Cc1nc2cc(C(=O)NC(C)C)c(NC(=O)c3cc(C(F)(F)F)nn3-c3ncccc3Cl)c(Cl)c2n1C. The quantitative estimate of drug-likeness (QED) is 0.354. The lowest BCUT2D eigenvalue weighted by Crippen LogP contribution is -2.31. The van der Waals surface area contributed by atoms with Gasteiger partial charge in [-0.2, -0.15) is 18.3 Å². The Bertz CT molecular complexity index is 1540. The van der Waals surface area contributed by atoms with Crippen LogP contribution in [0.5, 0.6) is 0 Å². The van der Waals surface area contributed by atoms with Crippen LogP contribution in [0.4, 0.5) is 18.9 Å². The van der Waals surface area contributed by atoms with Crippen LogP contribution in [0.1, 0.15) is 46.2 Å². The summed E-state index contributed by atoms with van der Waals surface area (Å²) in [4.78, 5) is 34.8. The van der Waals surface area contributed by atoms with Crippen molar-refractivity contribution in [1.29, 1.82) is 0 Å². The van der Waals surface area contributed by atoms with Crippen LogP contribution in [0.3, 0.4) is 0 Å². The van der Waals surface area contributed by atoms with Gasteiger partial charge in [-0.25, -0.2) is 14.6 Å². The summed E-state index contributed by atoms with van der Waals surface area (Å²) in [6.07, 6.45) is -3.56. The summed E-state index contributed by atoms with van der Waals surface area (Å²) in [5, 5.41) is 8.69. The zero-order valence-electron chi connectivity index (χ0n) is 19.9. The second-order valence-electron chi connectivity index (χ2n) is 8.41. The second kappa shape index (κ2) is 9.67. The minimum absolute atomic E-state index is 0.0131. The number of halogens is 5. The Morgan fingerprint density at radius 1 is 1.14 bits per heavy atom. The van der Waals surface area contributed by atoms with Crippen molar-refractivity contribution in [3.63, 3.8) is 0 Å². The fourth-order valence-corrected chi connectivity index (χ4v) is 4.21. The van der Waals surface area contributed by atoms with Crippen LogP contribution in [-0.2, 0) is 13.2 Å². The van der Waals surface area contributed by atoms with Crippen LogP contribution < -0.4 is 10.6 Å². The molecule has 3 aromatic heterocycles. The van der Waals surface area contributed by atoms with Gasteiger partial charge >= 0.3 is 6.18 Å². The highest BCUT2D eigenvalue weighted by Gasteiger charge is 2.37. The molecule has 194 valence electrons. The molecule has 0 bridgehead atoms. The minimum Gasteiger partial charge on any atom is -0.350 e. The molecule has 0 atom stereocenters. The molecule has 0 aliphatic rings. The second-order valence-corrected chi connectivity index (χ2v) is 9.20. The molecule has 0 radical (unpaired) electrons. The van der Waals surface area contributed by atoms with Crippen molar-refractivity contribution in [3.05, 3.63) is 63.3 Å². The number of aryl methyl sites for hydroxylation is 2. The van der Waals surface area contributed by atoms with Crippen molar-refractivity contribution in [3.8, 4) is 5.82 Å². The van der Waals surface area contributed by atoms with Crippen LogP contribution in [0.15, 0.2) is 30.5 Å². The molecule has 0 saturated carbocycles. The number of hydrogen-bond acceptors (Lipinski definition) is 5. The number of imidazole rings is 1. The van der Waals surface area contributed by atoms with Gasteiger partial charge in [0.15, 0.2) is 11.5 Å². The number of benzene rings is 1. The summed E-state index contributed by atoms with van der Waals surface area (Å²) >= 11 is 12.8. The number of nitrogens with one attached hydrogen (secondary N) is 2. The van der Waals surface area contributed by atoms with E-state index < -0.39 is 29.4 Å². The Balaban J connectivity index is 1.89. The maximum absolute atomic E-state index is 13.5. The summed E-state index contributed by atoms with van der Waals surface area (Å²) in [7, 11) is 1.70. The Hall–Kier alpha value is -3.64. The van der Waals surface area contributed by atoms with E-state index >= 15 is 0 Å².